The van der Waals surface area contributed by atoms with Crippen molar-refractivity contribution >= 4 is 17.3 Å². The van der Waals surface area contributed by atoms with Gasteiger partial charge < -0.3 is 10.1 Å². The van der Waals surface area contributed by atoms with E-state index >= 15 is 0 Å². The van der Waals surface area contributed by atoms with Gasteiger partial charge in [-0.15, -0.1) is 11.3 Å². The van der Waals surface area contributed by atoms with Crippen LogP contribution in [0.25, 0.3) is 0 Å². The first-order valence-corrected chi connectivity index (χ1v) is 6.01. The molecule has 1 heterocycles. The molecule has 0 aromatic carbocycles. The summed E-state index contributed by atoms with van der Waals surface area (Å²) >= 11 is 1.74. The lowest BCUT2D eigenvalue weighted by molar-refractivity contribution is -0.142. The first kappa shape index (κ1) is 12.2. The van der Waals surface area contributed by atoms with Gasteiger partial charge >= 0.3 is 5.97 Å². The molecule has 1 aromatic rings. The van der Waals surface area contributed by atoms with Crippen molar-refractivity contribution in [3.05, 3.63) is 21.9 Å². The molecule has 1 aromatic heterocycles. The molecule has 84 valence electrons. The second-order valence-corrected chi connectivity index (χ2v) is 4.26. The van der Waals surface area contributed by atoms with Crippen LogP contribution in [0.3, 0.4) is 0 Å². The summed E-state index contributed by atoms with van der Waals surface area (Å²) in [5.41, 5.74) is 1.31. The van der Waals surface area contributed by atoms with Crippen molar-refractivity contribution in [3.63, 3.8) is 0 Å². The standard InChI is InChI=1S/C11H17NO2S/c1-3-14-11(13)4-6-12-8-10-9(2)5-7-15-10/h5,7,12H,3-4,6,8H2,1-2H3. The van der Waals surface area contributed by atoms with Crippen molar-refractivity contribution in [1.29, 1.82) is 0 Å². The molecule has 0 radical (unpaired) electrons. The Hall–Kier alpha value is -0.870. The maximum atomic E-state index is 11.0. The van der Waals surface area contributed by atoms with E-state index in [9.17, 15) is 4.79 Å². The summed E-state index contributed by atoms with van der Waals surface area (Å²) in [6.07, 6.45) is 0.443. The van der Waals surface area contributed by atoms with Crippen LogP contribution in [0.15, 0.2) is 11.4 Å². The molecule has 0 atom stereocenters. The van der Waals surface area contributed by atoms with Crippen LogP contribution < -0.4 is 5.32 Å². The average Bonchev–Trinajstić information content (AvgIpc) is 2.60. The van der Waals surface area contributed by atoms with Crippen LogP contribution in [0.1, 0.15) is 23.8 Å². The van der Waals surface area contributed by atoms with E-state index in [0.29, 0.717) is 19.6 Å². The van der Waals surface area contributed by atoms with E-state index in [1.54, 1.807) is 11.3 Å². The van der Waals surface area contributed by atoms with Crippen LogP contribution in [0.4, 0.5) is 0 Å². The molecule has 0 aliphatic heterocycles. The fourth-order valence-corrected chi connectivity index (χ4v) is 2.09. The molecule has 0 bridgehead atoms. The Morgan fingerprint density at radius 1 is 1.60 bits per heavy atom. The number of nitrogens with one attached hydrogen (secondary N) is 1. The van der Waals surface area contributed by atoms with E-state index < -0.39 is 0 Å². The Kier molecular flexibility index (Phi) is 5.36. The van der Waals surface area contributed by atoms with Crippen LogP contribution in [-0.4, -0.2) is 19.1 Å². The third-order valence-corrected chi connectivity index (χ3v) is 3.09. The summed E-state index contributed by atoms with van der Waals surface area (Å²) in [7, 11) is 0. The lowest BCUT2D eigenvalue weighted by atomic mass is 10.3. The zero-order chi connectivity index (χ0) is 11.1. The van der Waals surface area contributed by atoms with Gasteiger partial charge in [0.15, 0.2) is 0 Å². The molecule has 4 heteroatoms. The number of hydrogen-bond donors (Lipinski definition) is 1. The van der Waals surface area contributed by atoms with Gasteiger partial charge in [-0.1, -0.05) is 0 Å². The number of esters is 1. The molecule has 0 unspecified atom stereocenters. The highest BCUT2D eigenvalue weighted by Gasteiger charge is 2.02. The first-order chi connectivity index (χ1) is 7.24. The van der Waals surface area contributed by atoms with Crippen molar-refractivity contribution in [1.82, 2.24) is 5.32 Å². The van der Waals surface area contributed by atoms with Crippen LogP contribution in [-0.2, 0) is 16.1 Å². The summed E-state index contributed by atoms with van der Waals surface area (Å²) in [5, 5.41) is 5.31. The van der Waals surface area contributed by atoms with Crippen molar-refractivity contribution in [2.24, 2.45) is 0 Å². The van der Waals surface area contributed by atoms with Gasteiger partial charge in [0, 0.05) is 18.0 Å². The van der Waals surface area contributed by atoms with E-state index in [4.69, 9.17) is 4.74 Å². The number of ether oxygens (including phenoxy) is 1. The molecule has 0 spiro atoms. The zero-order valence-corrected chi connectivity index (χ0v) is 10.0. The lowest BCUT2D eigenvalue weighted by Gasteiger charge is -2.04. The van der Waals surface area contributed by atoms with E-state index in [-0.39, 0.29) is 5.97 Å². The van der Waals surface area contributed by atoms with Crippen LogP contribution in [0.2, 0.25) is 0 Å². The maximum Gasteiger partial charge on any atom is 0.307 e. The molecular weight excluding hydrogens is 210 g/mol. The smallest absolute Gasteiger partial charge is 0.307 e. The van der Waals surface area contributed by atoms with E-state index in [0.717, 1.165) is 6.54 Å². The molecular formula is C11H17NO2S. The second-order valence-electron chi connectivity index (χ2n) is 3.26. The number of carbonyl (C=O) groups is 1. The van der Waals surface area contributed by atoms with Crippen molar-refractivity contribution in [2.75, 3.05) is 13.2 Å². The topological polar surface area (TPSA) is 38.3 Å². The molecule has 0 amide bonds. The molecule has 0 aliphatic rings. The normalized spacial score (nSPS) is 10.3. The highest BCUT2D eigenvalue weighted by Crippen LogP contribution is 2.14. The van der Waals surface area contributed by atoms with Gasteiger partial charge in [-0.2, -0.15) is 0 Å². The fourth-order valence-electron chi connectivity index (χ4n) is 1.21. The largest absolute Gasteiger partial charge is 0.466 e. The Labute approximate surface area is 94.5 Å². The summed E-state index contributed by atoms with van der Waals surface area (Å²) in [6.45, 7) is 5.89. The fraction of sp³-hybridized carbons (Fsp3) is 0.545. The number of aryl methyl sites for hydroxylation is 1. The van der Waals surface area contributed by atoms with E-state index in [1.165, 1.54) is 10.4 Å². The molecule has 0 saturated heterocycles. The summed E-state index contributed by atoms with van der Waals surface area (Å²) in [5.74, 6) is -0.132. The third kappa shape index (κ3) is 4.44. The Morgan fingerprint density at radius 3 is 3.00 bits per heavy atom. The predicted octanol–water partition coefficient (Wildman–Crippen LogP) is 2.10. The molecule has 0 aliphatic carbocycles. The second kappa shape index (κ2) is 6.58. The molecule has 0 fully saturated rings. The lowest BCUT2D eigenvalue weighted by Crippen LogP contribution is -2.18. The van der Waals surface area contributed by atoms with Crippen molar-refractivity contribution in [3.8, 4) is 0 Å². The predicted molar refractivity (Wildman–Crippen MR) is 62.0 cm³/mol. The van der Waals surface area contributed by atoms with Gasteiger partial charge in [-0.05, 0) is 30.9 Å². The zero-order valence-electron chi connectivity index (χ0n) is 9.21. The molecule has 15 heavy (non-hydrogen) atoms. The minimum absolute atomic E-state index is 0.132. The highest BCUT2D eigenvalue weighted by molar-refractivity contribution is 7.10. The molecule has 3 nitrogen and oxygen atoms in total. The first-order valence-electron chi connectivity index (χ1n) is 5.13. The minimum Gasteiger partial charge on any atom is -0.466 e. The van der Waals surface area contributed by atoms with Gasteiger partial charge in [0.05, 0.1) is 13.0 Å². The van der Waals surface area contributed by atoms with Crippen LogP contribution in [0.5, 0.6) is 0 Å². The van der Waals surface area contributed by atoms with Gasteiger partial charge in [0.1, 0.15) is 0 Å². The van der Waals surface area contributed by atoms with Crippen LogP contribution >= 0.6 is 11.3 Å². The minimum atomic E-state index is -0.132. The Balaban J connectivity index is 2.12. The summed E-state index contributed by atoms with van der Waals surface area (Å²) in [6, 6.07) is 2.10. The van der Waals surface area contributed by atoms with Gasteiger partial charge in [0.2, 0.25) is 0 Å². The van der Waals surface area contributed by atoms with Crippen LogP contribution in [0, 0.1) is 6.92 Å². The van der Waals surface area contributed by atoms with Crippen molar-refractivity contribution in [2.45, 2.75) is 26.8 Å². The number of carbonyl (C=O) groups excluding carboxylic acids is 1. The average molecular weight is 227 g/mol. The van der Waals surface area contributed by atoms with E-state index in [1.807, 2.05) is 6.92 Å². The molecule has 1 N–H and O–H groups in total. The van der Waals surface area contributed by atoms with Gasteiger partial charge in [-0.25, -0.2) is 0 Å². The third-order valence-electron chi connectivity index (χ3n) is 2.06. The number of rotatable bonds is 6. The molecule has 1 rings (SSSR count). The Bertz CT molecular complexity index is 309. The Morgan fingerprint density at radius 2 is 2.40 bits per heavy atom. The number of thiophene rings is 1. The number of hydrogen-bond acceptors (Lipinski definition) is 4. The maximum absolute atomic E-state index is 11.0. The SMILES string of the molecule is CCOC(=O)CCNCc1sccc1C. The summed E-state index contributed by atoms with van der Waals surface area (Å²) in [4.78, 5) is 12.3. The monoisotopic (exact) mass is 227 g/mol. The highest BCUT2D eigenvalue weighted by atomic mass is 32.1. The van der Waals surface area contributed by atoms with Gasteiger partial charge in [0.25, 0.3) is 0 Å². The van der Waals surface area contributed by atoms with E-state index in [2.05, 4.69) is 23.7 Å². The molecule has 0 saturated carbocycles. The van der Waals surface area contributed by atoms with Gasteiger partial charge in [-0.3, -0.25) is 4.79 Å². The quantitative estimate of drug-likeness (QED) is 0.597. The summed E-state index contributed by atoms with van der Waals surface area (Å²) < 4.78 is 4.83. The van der Waals surface area contributed by atoms with Crippen molar-refractivity contribution < 1.29 is 9.53 Å².